The van der Waals surface area contributed by atoms with Crippen LogP contribution in [0.2, 0.25) is 0 Å². The Labute approximate surface area is 103 Å². The van der Waals surface area contributed by atoms with Gasteiger partial charge in [-0.2, -0.15) is 5.10 Å². The first-order valence-electron chi connectivity index (χ1n) is 6.24. The molecule has 1 rings (SSSR count). The molecule has 0 saturated heterocycles. The lowest BCUT2D eigenvalue weighted by Gasteiger charge is -2.16. The van der Waals surface area contributed by atoms with E-state index in [0.717, 1.165) is 18.7 Å². The first kappa shape index (κ1) is 13.9. The fourth-order valence-electron chi connectivity index (χ4n) is 1.67. The van der Waals surface area contributed by atoms with E-state index >= 15 is 0 Å². The molecule has 0 radical (unpaired) electrons. The number of Topliss-reactive ketones (excluding diaryl/α,β-unsaturated/α-hetero) is 1. The number of aromatic nitrogens is 3. The molecule has 17 heavy (non-hydrogen) atoms. The van der Waals surface area contributed by atoms with Gasteiger partial charge in [0.25, 0.3) is 0 Å². The van der Waals surface area contributed by atoms with E-state index in [1.54, 1.807) is 6.33 Å². The van der Waals surface area contributed by atoms with Gasteiger partial charge in [0.05, 0.1) is 0 Å². The lowest BCUT2D eigenvalue weighted by molar-refractivity contribution is -0.126. The van der Waals surface area contributed by atoms with Gasteiger partial charge in [-0.3, -0.25) is 4.79 Å². The summed E-state index contributed by atoms with van der Waals surface area (Å²) in [6, 6.07) is 0.325. The number of rotatable bonds is 5. The number of aryl methyl sites for hydroxylation is 1. The summed E-state index contributed by atoms with van der Waals surface area (Å²) in [6.07, 6.45) is 3.87. The summed E-state index contributed by atoms with van der Waals surface area (Å²) in [5.41, 5.74) is -0.230. The second-order valence-electron chi connectivity index (χ2n) is 5.74. The number of carbonyl (C=O) groups excluding carboxylic acids is 1. The van der Waals surface area contributed by atoms with Crippen LogP contribution in [0.3, 0.4) is 0 Å². The Morgan fingerprint density at radius 2 is 2.06 bits per heavy atom. The van der Waals surface area contributed by atoms with E-state index in [1.165, 1.54) is 0 Å². The summed E-state index contributed by atoms with van der Waals surface area (Å²) in [6.45, 7) is 10.1. The fraction of sp³-hybridized carbons (Fsp3) is 0.769. The van der Waals surface area contributed by atoms with Gasteiger partial charge in [0, 0.05) is 24.3 Å². The molecule has 0 saturated carbocycles. The van der Waals surface area contributed by atoms with Crippen LogP contribution in [0.1, 0.15) is 59.3 Å². The van der Waals surface area contributed by atoms with Crippen LogP contribution in [-0.4, -0.2) is 20.5 Å². The summed E-state index contributed by atoms with van der Waals surface area (Å²) < 4.78 is 1.92. The summed E-state index contributed by atoms with van der Waals surface area (Å²) in [7, 11) is 0. The minimum atomic E-state index is -0.230. The van der Waals surface area contributed by atoms with Gasteiger partial charge in [0.2, 0.25) is 0 Å². The number of ketones is 1. The highest BCUT2D eigenvalue weighted by Crippen LogP contribution is 2.18. The average molecular weight is 237 g/mol. The van der Waals surface area contributed by atoms with Gasteiger partial charge in [-0.25, -0.2) is 9.67 Å². The van der Waals surface area contributed by atoms with Gasteiger partial charge in [0.15, 0.2) is 0 Å². The third kappa shape index (κ3) is 3.95. The quantitative estimate of drug-likeness (QED) is 0.791. The van der Waals surface area contributed by atoms with Crippen LogP contribution >= 0.6 is 0 Å². The monoisotopic (exact) mass is 237 g/mol. The van der Waals surface area contributed by atoms with Gasteiger partial charge in [0.1, 0.15) is 17.9 Å². The predicted octanol–water partition coefficient (Wildman–Crippen LogP) is 2.80. The number of hydrogen-bond acceptors (Lipinski definition) is 3. The molecule has 0 spiro atoms. The van der Waals surface area contributed by atoms with E-state index in [1.807, 2.05) is 25.5 Å². The van der Waals surface area contributed by atoms with E-state index < -0.39 is 0 Å². The normalized spacial score (nSPS) is 12.1. The summed E-state index contributed by atoms with van der Waals surface area (Å²) in [4.78, 5) is 16.0. The molecule has 4 heteroatoms. The van der Waals surface area contributed by atoms with Crippen molar-refractivity contribution in [3.8, 4) is 0 Å². The second-order valence-corrected chi connectivity index (χ2v) is 5.74. The summed E-state index contributed by atoms with van der Waals surface area (Å²) in [5, 5.41) is 4.18. The van der Waals surface area contributed by atoms with Crippen molar-refractivity contribution in [3.05, 3.63) is 12.2 Å². The van der Waals surface area contributed by atoms with Crippen molar-refractivity contribution in [2.75, 3.05) is 0 Å². The van der Waals surface area contributed by atoms with Crippen LogP contribution in [0.15, 0.2) is 6.33 Å². The second kappa shape index (κ2) is 5.43. The minimum absolute atomic E-state index is 0.230. The Hall–Kier alpha value is -1.19. The molecule has 0 atom stereocenters. The molecule has 0 aliphatic carbocycles. The Bertz CT molecular complexity index is 374. The van der Waals surface area contributed by atoms with Crippen LogP contribution in [0.5, 0.6) is 0 Å². The highest BCUT2D eigenvalue weighted by Gasteiger charge is 2.20. The van der Waals surface area contributed by atoms with Gasteiger partial charge < -0.3 is 0 Å². The molecule has 0 amide bonds. The van der Waals surface area contributed by atoms with Crippen molar-refractivity contribution in [2.24, 2.45) is 5.41 Å². The van der Waals surface area contributed by atoms with E-state index in [2.05, 4.69) is 23.9 Å². The van der Waals surface area contributed by atoms with E-state index in [9.17, 15) is 4.79 Å². The van der Waals surface area contributed by atoms with Crippen molar-refractivity contribution in [1.82, 2.24) is 14.8 Å². The van der Waals surface area contributed by atoms with E-state index in [4.69, 9.17) is 0 Å². The maximum atomic E-state index is 11.8. The fourth-order valence-corrected chi connectivity index (χ4v) is 1.67. The molecule has 0 fully saturated rings. The number of carbonyl (C=O) groups is 1. The molecule has 0 bridgehead atoms. The highest BCUT2D eigenvalue weighted by molar-refractivity contribution is 5.83. The third-order valence-electron chi connectivity index (χ3n) is 2.78. The van der Waals surface area contributed by atoms with Crippen LogP contribution in [0, 0.1) is 5.41 Å². The minimum Gasteiger partial charge on any atom is -0.299 e. The zero-order valence-electron chi connectivity index (χ0n) is 11.5. The van der Waals surface area contributed by atoms with E-state index in [-0.39, 0.29) is 5.41 Å². The predicted molar refractivity (Wildman–Crippen MR) is 67.8 cm³/mol. The smallest absolute Gasteiger partial charge is 0.138 e. The first-order valence-corrected chi connectivity index (χ1v) is 6.24. The molecular weight excluding hydrogens is 214 g/mol. The molecular formula is C13H23N3O. The van der Waals surface area contributed by atoms with Crippen LogP contribution in [0.25, 0.3) is 0 Å². The Morgan fingerprint density at radius 1 is 1.41 bits per heavy atom. The summed E-state index contributed by atoms with van der Waals surface area (Å²) >= 11 is 0. The first-order chi connectivity index (χ1) is 7.82. The molecule has 0 aliphatic heterocycles. The maximum absolute atomic E-state index is 11.8. The average Bonchev–Trinajstić information content (AvgIpc) is 2.64. The van der Waals surface area contributed by atoms with Crippen molar-refractivity contribution >= 4 is 5.78 Å². The van der Waals surface area contributed by atoms with Crippen molar-refractivity contribution in [1.29, 1.82) is 0 Å². The molecule has 96 valence electrons. The highest BCUT2D eigenvalue weighted by atomic mass is 16.1. The number of nitrogens with zero attached hydrogens (tertiary/aromatic N) is 3. The SMILES string of the molecule is CC(C)n1ncnc1CCCC(=O)C(C)(C)C. The zero-order valence-corrected chi connectivity index (χ0v) is 11.5. The van der Waals surface area contributed by atoms with E-state index in [0.29, 0.717) is 18.2 Å². The van der Waals surface area contributed by atoms with Crippen LogP contribution in [0.4, 0.5) is 0 Å². The molecule has 4 nitrogen and oxygen atoms in total. The van der Waals surface area contributed by atoms with Gasteiger partial charge in [-0.15, -0.1) is 0 Å². The molecule has 0 aromatic carbocycles. The maximum Gasteiger partial charge on any atom is 0.138 e. The standard InChI is InChI=1S/C13H23N3O/c1-10(2)16-12(14-9-15-16)8-6-7-11(17)13(3,4)5/h9-10H,6-8H2,1-5H3. The molecule has 1 heterocycles. The topological polar surface area (TPSA) is 47.8 Å². The zero-order chi connectivity index (χ0) is 13.1. The van der Waals surface area contributed by atoms with Crippen LogP contribution in [-0.2, 0) is 11.2 Å². The molecule has 0 aliphatic rings. The lowest BCUT2D eigenvalue weighted by atomic mass is 9.88. The molecule has 1 aromatic rings. The molecule has 0 N–H and O–H groups in total. The largest absolute Gasteiger partial charge is 0.299 e. The number of hydrogen-bond donors (Lipinski definition) is 0. The van der Waals surface area contributed by atoms with Crippen molar-refractivity contribution < 1.29 is 4.79 Å². The summed E-state index contributed by atoms with van der Waals surface area (Å²) in [5.74, 6) is 1.29. The molecule has 1 aromatic heterocycles. The van der Waals surface area contributed by atoms with Gasteiger partial charge in [-0.1, -0.05) is 20.8 Å². The Morgan fingerprint density at radius 3 is 2.59 bits per heavy atom. The lowest BCUT2D eigenvalue weighted by Crippen LogP contribution is -2.20. The van der Waals surface area contributed by atoms with Gasteiger partial charge >= 0.3 is 0 Å². The van der Waals surface area contributed by atoms with Crippen molar-refractivity contribution in [2.45, 2.75) is 59.9 Å². The Kier molecular flexibility index (Phi) is 4.43. The Balaban J connectivity index is 2.47. The molecule has 0 unspecified atom stereocenters. The van der Waals surface area contributed by atoms with Crippen LogP contribution < -0.4 is 0 Å². The van der Waals surface area contributed by atoms with Crippen molar-refractivity contribution in [3.63, 3.8) is 0 Å². The third-order valence-corrected chi connectivity index (χ3v) is 2.78. The van der Waals surface area contributed by atoms with Gasteiger partial charge in [-0.05, 0) is 20.3 Å².